The molecule has 2 aromatic carbocycles. The summed E-state index contributed by atoms with van der Waals surface area (Å²) in [6.07, 6.45) is 1.30. The zero-order chi connectivity index (χ0) is 17.3. The summed E-state index contributed by atoms with van der Waals surface area (Å²) in [5.74, 6) is -1.10. The average molecular weight is 325 g/mol. The van der Waals surface area contributed by atoms with Crippen molar-refractivity contribution in [1.82, 2.24) is 9.55 Å². The lowest BCUT2D eigenvalue weighted by Crippen LogP contribution is -2.21. The second kappa shape index (κ2) is 5.92. The van der Waals surface area contributed by atoms with E-state index < -0.39 is 10.9 Å². The number of benzene rings is 2. The van der Waals surface area contributed by atoms with Crippen molar-refractivity contribution in [2.24, 2.45) is 0 Å². The fourth-order valence-electron chi connectivity index (χ4n) is 2.37. The second-order valence-corrected chi connectivity index (χ2v) is 5.14. The molecule has 8 nitrogen and oxygen atoms in total. The van der Waals surface area contributed by atoms with E-state index in [1.807, 2.05) is 0 Å². The van der Waals surface area contributed by atoms with Gasteiger partial charge >= 0.3 is 5.97 Å². The zero-order valence-corrected chi connectivity index (χ0v) is 12.2. The highest BCUT2D eigenvalue weighted by atomic mass is 16.6. The summed E-state index contributed by atoms with van der Waals surface area (Å²) in [5.41, 5.74) is 0.527. The lowest BCUT2D eigenvalue weighted by molar-refractivity contribution is -0.384. The third-order valence-corrected chi connectivity index (χ3v) is 3.55. The SMILES string of the molecule is O=C(O)c1ccc2c(=O)n(Cc3cccc([N+](=O)[O-])c3)cnc2c1. The molecule has 3 rings (SSSR count). The van der Waals surface area contributed by atoms with Crippen molar-refractivity contribution in [3.63, 3.8) is 0 Å². The van der Waals surface area contributed by atoms with Crippen LogP contribution in [0.25, 0.3) is 10.9 Å². The molecule has 0 aliphatic carbocycles. The lowest BCUT2D eigenvalue weighted by Gasteiger charge is -2.07. The molecule has 1 N–H and O–H groups in total. The van der Waals surface area contributed by atoms with Gasteiger partial charge in [0, 0.05) is 12.1 Å². The summed E-state index contributed by atoms with van der Waals surface area (Å²) >= 11 is 0. The van der Waals surface area contributed by atoms with Crippen LogP contribution in [-0.4, -0.2) is 25.6 Å². The Labute approximate surface area is 134 Å². The first-order valence-electron chi connectivity index (χ1n) is 6.91. The minimum absolute atomic E-state index is 0.0471. The number of non-ortho nitro benzene ring substituents is 1. The van der Waals surface area contributed by atoms with Crippen molar-refractivity contribution in [2.75, 3.05) is 0 Å². The summed E-state index contributed by atoms with van der Waals surface area (Å²) < 4.78 is 1.32. The van der Waals surface area contributed by atoms with Crippen LogP contribution in [0, 0.1) is 10.1 Å². The van der Waals surface area contributed by atoms with Gasteiger partial charge in [-0.25, -0.2) is 9.78 Å². The molecule has 0 aliphatic heterocycles. The molecule has 0 atom stereocenters. The van der Waals surface area contributed by atoms with Crippen molar-refractivity contribution in [1.29, 1.82) is 0 Å². The highest BCUT2D eigenvalue weighted by molar-refractivity contribution is 5.92. The number of nitro benzene ring substituents is 1. The lowest BCUT2D eigenvalue weighted by atomic mass is 10.1. The van der Waals surface area contributed by atoms with Crippen LogP contribution in [0.15, 0.2) is 53.6 Å². The van der Waals surface area contributed by atoms with Crippen LogP contribution in [0.2, 0.25) is 0 Å². The van der Waals surface area contributed by atoms with E-state index in [9.17, 15) is 19.7 Å². The highest BCUT2D eigenvalue weighted by Crippen LogP contribution is 2.14. The summed E-state index contributed by atoms with van der Waals surface area (Å²) in [6.45, 7) is 0.129. The van der Waals surface area contributed by atoms with E-state index in [1.165, 1.54) is 41.2 Å². The fraction of sp³-hybridized carbons (Fsp3) is 0.0625. The summed E-state index contributed by atoms with van der Waals surface area (Å²) in [5, 5.41) is 20.1. The van der Waals surface area contributed by atoms with Crippen LogP contribution in [0.5, 0.6) is 0 Å². The Balaban J connectivity index is 2.02. The Morgan fingerprint density at radius 2 is 2.04 bits per heavy atom. The molecule has 8 heteroatoms. The van der Waals surface area contributed by atoms with Crippen LogP contribution in [0.3, 0.4) is 0 Å². The number of carboxylic acid groups (broad SMARTS) is 1. The van der Waals surface area contributed by atoms with E-state index in [1.54, 1.807) is 12.1 Å². The molecule has 0 radical (unpaired) electrons. The summed E-state index contributed by atoms with van der Waals surface area (Å²) in [7, 11) is 0. The van der Waals surface area contributed by atoms with Gasteiger partial charge in [0.15, 0.2) is 0 Å². The molecule has 0 spiro atoms. The molecule has 0 saturated carbocycles. The first-order valence-corrected chi connectivity index (χ1v) is 6.91. The van der Waals surface area contributed by atoms with Gasteiger partial charge in [-0.3, -0.25) is 19.5 Å². The van der Waals surface area contributed by atoms with Gasteiger partial charge in [-0.2, -0.15) is 0 Å². The van der Waals surface area contributed by atoms with Crippen molar-refractivity contribution >= 4 is 22.6 Å². The van der Waals surface area contributed by atoms with Crippen molar-refractivity contribution in [3.8, 4) is 0 Å². The van der Waals surface area contributed by atoms with Gasteiger partial charge in [0.2, 0.25) is 0 Å². The van der Waals surface area contributed by atoms with Gasteiger partial charge in [-0.15, -0.1) is 0 Å². The number of nitro groups is 1. The molecule has 0 unspecified atom stereocenters. The molecule has 0 fully saturated rings. The Morgan fingerprint density at radius 3 is 2.75 bits per heavy atom. The van der Waals surface area contributed by atoms with Gasteiger partial charge in [0.1, 0.15) is 0 Å². The molecule has 0 aliphatic rings. The van der Waals surface area contributed by atoms with Crippen LogP contribution in [0.4, 0.5) is 5.69 Å². The monoisotopic (exact) mass is 325 g/mol. The standard InChI is InChI=1S/C16H11N3O5/c20-15-13-5-4-11(16(21)22)7-14(13)17-9-18(15)8-10-2-1-3-12(6-10)19(23)24/h1-7,9H,8H2,(H,21,22). The molecule has 0 bridgehead atoms. The molecule has 0 saturated heterocycles. The third kappa shape index (κ3) is 2.84. The number of aromatic nitrogens is 2. The number of carbonyl (C=O) groups is 1. The van der Waals surface area contributed by atoms with Gasteiger partial charge in [0.05, 0.1) is 34.3 Å². The van der Waals surface area contributed by atoms with Gasteiger partial charge in [-0.1, -0.05) is 12.1 Å². The van der Waals surface area contributed by atoms with Crippen molar-refractivity contribution < 1.29 is 14.8 Å². The maximum atomic E-state index is 12.5. The Hall–Kier alpha value is -3.55. The maximum Gasteiger partial charge on any atom is 0.335 e. The van der Waals surface area contributed by atoms with Crippen molar-refractivity contribution in [2.45, 2.75) is 6.54 Å². The quantitative estimate of drug-likeness (QED) is 0.580. The third-order valence-electron chi connectivity index (χ3n) is 3.55. The minimum Gasteiger partial charge on any atom is -0.478 e. The minimum atomic E-state index is -1.10. The van der Waals surface area contributed by atoms with Crippen LogP contribution < -0.4 is 5.56 Å². The summed E-state index contributed by atoms with van der Waals surface area (Å²) in [6, 6.07) is 10.1. The van der Waals surface area contributed by atoms with Gasteiger partial charge in [-0.05, 0) is 23.8 Å². The van der Waals surface area contributed by atoms with Crippen LogP contribution in [0.1, 0.15) is 15.9 Å². The van der Waals surface area contributed by atoms with E-state index >= 15 is 0 Å². The summed E-state index contributed by atoms with van der Waals surface area (Å²) in [4.78, 5) is 37.8. The maximum absolute atomic E-state index is 12.5. The van der Waals surface area contributed by atoms with Crippen molar-refractivity contribution in [3.05, 3.63) is 80.4 Å². The largest absolute Gasteiger partial charge is 0.478 e. The number of hydrogen-bond donors (Lipinski definition) is 1. The number of rotatable bonds is 4. The molecule has 3 aromatic rings. The predicted octanol–water partition coefficient (Wildman–Crippen LogP) is 2.05. The number of aromatic carboxylic acids is 1. The smallest absolute Gasteiger partial charge is 0.335 e. The van der Waals surface area contributed by atoms with E-state index in [2.05, 4.69) is 4.98 Å². The molecule has 1 aromatic heterocycles. The number of hydrogen-bond acceptors (Lipinski definition) is 5. The predicted molar refractivity (Wildman–Crippen MR) is 85.2 cm³/mol. The van der Waals surface area contributed by atoms with Crippen LogP contribution >= 0.6 is 0 Å². The first-order chi connectivity index (χ1) is 11.5. The average Bonchev–Trinajstić information content (AvgIpc) is 2.57. The number of nitrogens with zero attached hydrogens (tertiary/aromatic N) is 3. The van der Waals surface area contributed by atoms with E-state index in [-0.39, 0.29) is 34.3 Å². The molecular formula is C16H11N3O5. The number of carboxylic acids is 1. The fourth-order valence-corrected chi connectivity index (χ4v) is 2.37. The molecule has 24 heavy (non-hydrogen) atoms. The van der Waals surface area contributed by atoms with Gasteiger partial charge < -0.3 is 5.11 Å². The Bertz CT molecular complexity index is 1030. The van der Waals surface area contributed by atoms with E-state index in [0.29, 0.717) is 5.56 Å². The van der Waals surface area contributed by atoms with E-state index in [4.69, 9.17) is 5.11 Å². The van der Waals surface area contributed by atoms with Gasteiger partial charge in [0.25, 0.3) is 11.2 Å². The Morgan fingerprint density at radius 1 is 1.25 bits per heavy atom. The molecule has 1 heterocycles. The van der Waals surface area contributed by atoms with Crippen LogP contribution in [-0.2, 0) is 6.54 Å². The topological polar surface area (TPSA) is 115 Å². The molecule has 120 valence electrons. The normalized spacial score (nSPS) is 10.7. The first kappa shape index (κ1) is 15.3. The van der Waals surface area contributed by atoms with E-state index in [0.717, 1.165) is 0 Å². The number of fused-ring (bicyclic) bond motifs is 1. The molecular weight excluding hydrogens is 314 g/mol. The highest BCUT2D eigenvalue weighted by Gasteiger charge is 2.10. The second-order valence-electron chi connectivity index (χ2n) is 5.14. The molecule has 0 amide bonds. The Kier molecular flexibility index (Phi) is 3.78. The zero-order valence-electron chi connectivity index (χ0n) is 12.2.